The molecule has 1 saturated heterocycles. The third-order valence-electron chi connectivity index (χ3n) is 3.53. The zero-order chi connectivity index (χ0) is 12.8. The standard InChI is InChI=1S/C14H26N4/c1-3-6-15-14-16-7-10-18(14)12-13(2)11-17-8-4-5-9-17/h7,10,13H,3-6,8-9,11-12H2,1-2H3,(H,15,16). The van der Waals surface area contributed by atoms with Crippen molar-refractivity contribution in [3.8, 4) is 0 Å². The molecule has 4 nitrogen and oxygen atoms in total. The SMILES string of the molecule is CCCNc1nccn1CC(C)CN1CCCC1. The van der Waals surface area contributed by atoms with Gasteiger partial charge in [-0.05, 0) is 38.3 Å². The maximum atomic E-state index is 4.38. The Morgan fingerprint density at radius 3 is 2.83 bits per heavy atom. The molecule has 0 spiro atoms. The number of likely N-dealkylation sites (tertiary alicyclic amines) is 1. The summed E-state index contributed by atoms with van der Waals surface area (Å²) in [5, 5.41) is 3.38. The molecule has 0 aliphatic carbocycles. The molecular weight excluding hydrogens is 224 g/mol. The van der Waals surface area contributed by atoms with Crippen molar-refractivity contribution in [2.45, 2.75) is 39.7 Å². The Bertz CT molecular complexity index is 341. The van der Waals surface area contributed by atoms with E-state index in [0.29, 0.717) is 5.92 Å². The monoisotopic (exact) mass is 250 g/mol. The van der Waals surface area contributed by atoms with Crippen LogP contribution in [-0.2, 0) is 6.54 Å². The Balaban J connectivity index is 1.81. The summed E-state index contributed by atoms with van der Waals surface area (Å²) in [6, 6.07) is 0. The van der Waals surface area contributed by atoms with Gasteiger partial charge in [-0.3, -0.25) is 0 Å². The molecule has 2 rings (SSSR count). The van der Waals surface area contributed by atoms with E-state index in [4.69, 9.17) is 0 Å². The van der Waals surface area contributed by atoms with Gasteiger partial charge in [-0.1, -0.05) is 13.8 Å². The van der Waals surface area contributed by atoms with Crippen molar-refractivity contribution in [2.75, 3.05) is 31.5 Å². The molecule has 0 bridgehead atoms. The van der Waals surface area contributed by atoms with E-state index in [0.717, 1.165) is 25.5 Å². The predicted octanol–water partition coefficient (Wildman–Crippen LogP) is 2.44. The summed E-state index contributed by atoms with van der Waals surface area (Å²) < 4.78 is 2.25. The first-order valence-corrected chi connectivity index (χ1v) is 7.27. The zero-order valence-electron chi connectivity index (χ0n) is 11.7. The molecule has 1 aliphatic rings. The molecule has 0 saturated carbocycles. The molecule has 0 amide bonds. The Morgan fingerprint density at radius 2 is 2.11 bits per heavy atom. The normalized spacial score (nSPS) is 18.1. The maximum Gasteiger partial charge on any atom is 0.202 e. The van der Waals surface area contributed by atoms with Crippen molar-refractivity contribution in [1.82, 2.24) is 14.5 Å². The van der Waals surface area contributed by atoms with Crippen molar-refractivity contribution in [1.29, 1.82) is 0 Å². The van der Waals surface area contributed by atoms with Crippen LogP contribution in [-0.4, -0.2) is 40.6 Å². The van der Waals surface area contributed by atoms with Gasteiger partial charge < -0.3 is 14.8 Å². The number of nitrogens with zero attached hydrogens (tertiary/aromatic N) is 3. The smallest absolute Gasteiger partial charge is 0.202 e. The van der Waals surface area contributed by atoms with Crippen LogP contribution in [0.1, 0.15) is 33.1 Å². The Labute approximate surface area is 110 Å². The van der Waals surface area contributed by atoms with E-state index in [1.165, 1.54) is 32.5 Å². The third-order valence-corrected chi connectivity index (χ3v) is 3.53. The zero-order valence-corrected chi connectivity index (χ0v) is 11.7. The number of hydrogen-bond donors (Lipinski definition) is 1. The average Bonchev–Trinajstić information content (AvgIpc) is 2.98. The van der Waals surface area contributed by atoms with Crippen LogP contribution in [0.3, 0.4) is 0 Å². The summed E-state index contributed by atoms with van der Waals surface area (Å²) in [7, 11) is 0. The van der Waals surface area contributed by atoms with E-state index in [2.05, 4.69) is 39.8 Å². The molecule has 1 fully saturated rings. The summed E-state index contributed by atoms with van der Waals surface area (Å²) in [5.41, 5.74) is 0. The van der Waals surface area contributed by atoms with Crippen LogP contribution in [0.15, 0.2) is 12.4 Å². The number of nitrogens with one attached hydrogen (secondary N) is 1. The van der Waals surface area contributed by atoms with Gasteiger partial charge in [-0.2, -0.15) is 0 Å². The lowest BCUT2D eigenvalue weighted by atomic mass is 10.1. The van der Waals surface area contributed by atoms with E-state index in [9.17, 15) is 0 Å². The number of rotatable bonds is 7. The molecule has 18 heavy (non-hydrogen) atoms. The highest BCUT2D eigenvalue weighted by atomic mass is 15.2. The second-order valence-electron chi connectivity index (χ2n) is 5.44. The van der Waals surface area contributed by atoms with Gasteiger partial charge >= 0.3 is 0 Å². The quantitative estimate of drug-likeness (QED) is 0.807. The molecule has 0 radical (unpaired) electrons. The highest BCUT2D eigenvalue weighted by Crippen LogP contribution is 2.13. The van der Waals surface area contributed by atoms with Gasteiger partial charge in [0, 0.05) is 32.0 Å². The first-order chi connectivity index (χ1) is 8.79. The Morgan fingerprint density at radius 1 is 1.33 bits per heavy atom. The van der Waals surface area contributed by atoms with Gasteiger partial charge in [0.2, 0.25) is 5.95 Å². The summed E-state index contributed by atoms with van der Waals surface area (Å²) in [5.74, 6) is 1.70. The first kappa shape index (κ1) is 13.4. The second kappa shape index (κ2) is 6.78. The summed E-state index contributed by atoms with van der Waals surface area (Å²) in [6.07, 6.45) is 7.86. The van der Waals surface area contributed by atoms with Gasteiger partial charge in [0.15, 0.2) is 0 Å². The second-order valence-corrected chi connectivity index (χ2v) is 5.44. The minimum Gasteiger partial charge on any atom is -0.356 e. The minimum atomic E-state index is 0.680. The Hall–Kier alpha value is -1.03. The molecule has 1 aliphatic heterocycles. The van der Waals surface area contributed by atoms with Crippen LogP contribution in [0.25, 0.3) is 0 Å². The molecule has 1 aromatic heterocycles. The fourth-order valence-corrected chi connectivity index (χ4v) is 2.66. The summed E-state index contributed by atoms with van der Waals surface area (Å²) >= 11 is 0. The number of anilines is 1. The fourth-order valence-electron chi connectivity index (χ4n) is 2.66. The molecule has 0 aromatic carbocycles. The molecule has 1 atom stereocenters. The lowest BCUT2D eigenvalue weighted by molar-refractivity contribution is 0.272. The van der Waals surface area contributed by atoms with Crippen molar-refractivity contribution >= 4 is 5.95 Å². The molecular formula is C14H26N4. The topological polar surface area (TPSA) is 33.1 Å². The minimum absolute atomic E-state index is 0.680. The highest BCUT2D eigenvalue weighted by molar-refractivity contribution is 5.25. The van der Waals surface area contributed by atoms with Gasteiger partial charge in [0.1, 0.15) is 0 Å². The number of aromatic nitrogens is 2. The van der Waals surface area contributed by atoms with Crippen LogP contribution in [0.4, 0.5) is 5.95 Å². The largest absolute Gasteiger partial charge is 0.356 e. The predicted molar refractivity (Wildman–Crippen MR) is 75.8 cm³/mol. The van der Waals surface area contributed by atoms with Crippen LogP contribution < -0.4 is 5.32 Å². The molecule has 1 unspecified atom stereocenters. The van der Waals surface area contributed by atoms with Crippen LogP contribution >= 0.6 is 0 Å². The molecule has 1 aromatic rings. The van der Waals surface area contributed by atoms with Crippen LogP contribution in [0.2, 0.25) is 0 Å². The molecule has 102 valence electrons. The van der Waals surface area contributed by atoms with Gasteiger partial charge in [0.05, 0.1) is 0 Å². The van der Waals surface area contributed by atoms with Crippen molar-refractivity contribution in [2.24, 2.45) is 5.92 Å². The van der Waals surface area contributed by atoms with Gasteiger partial charge in [-0.15, -0.1) is 0 Å². The van der Waals surface area contributed by atoms with E-state index in [1.807, 2.05) is 6.20 Å². The number of imidazole rings is 1. The van der Waals surface area contributed by atoms with Crippen molar-refractivity contribution < 1.29 is 0 Å². The molecule has 4 heteroatoms. The van der Waals surface area contributed by atoms with Crippen molar-refractivity contribution in [3.63, 3.8) is 0 Å². The van der Waals surface area contributed by atoms with Gasteiger partial charge in [-0.25, -0.2) is 4.98 Å². The van der Waals surface area contributed by atoms with E-state index >= 15 is 0 Å². The third kappa shape index (κ3) is 3.73. The maximum absolute atomic E-state index is 4.38. The number of hydrogen-bond acceptors (Lipinski definition) is 3. The lowest BCUT2D eigenvalue weighted by Crippen LogP contribution is -2.27. The van der Waals surface area contributed by atoms with Gasteiger partial charge in [0.25, 0.3) is 0 Å². The highest BCUT2D eigenvalue weighted by Gasteiger charge is 2.15. The van der Waals surface area contributed by atoms with Crippen molar-refractivity contribution in [3.05, 3.63) is 12.4 Å². The summed E-state index contributed by atoms with van der Waals surface area (Å²) in [4.78, 5) is 6.96. The van der Waals surface area contributed by atoms with Crippen LogP contribution in [0.5, 0.6) is 0 Å². The first-order valence-electron chi connectivity index (χ1n) is 7.27. The lowest BCUT2D eigenvalue weighted by Gasteiger charge is -2.21. The van der Waals surface area contributed by atoms with E-state index < -0.39 is 0 Å². The molecule has 2 heterocycles. The molecule has 1 N–H and O–H groups in total. The van der Waals surface area contributed by atoms with E-state index in [1.54, 1.807) is 0 Å². The Kier molecular flexibility index (Phi) is 5.05. The summed E-state index contributed by atoms with van der Waals surface area (Å²) in [6.45, 7) is 10.4. The van der Waals surface area contributed by atoms with Crippen LogP contribution in [0, 0.1) is 5.92 Å². The fraction of sp³-hybridized carbons (Fsp3) is 0.786. The average molecular weight is 250 g/mol. The van der Waals surface area contributed by atoms with E-state index in [-0.39, 0.29) is 0 Å².